The van der Waals surface area contributed by atoms with Crippen molar-refractivity contribution in [3.63, 3.8) is 0 Å². The Kier molecular flexibility index (Phi) is 5.22. The fourth-order valence-electron chi connectivity index (χ4n) is 2.24. The van der Waals surface area contributed by atoms with Gasteiger partial charge in [0.1, 0.15) is 17.4 Å². The molecule has 3 aromatic rings. The summed E-state index contributed by atoms with van der Waals surface area (Å²) >= 11 is 1.33. The lowest BCUT2D eigenvalue weighted by Crippen LogP contribution is -2.04. The molecular weight excluding hydrogens is 365 g/mol. The van der Waals surface area contributed by atoms with E-state index in [9.17, 15) is 13.2 Å². The van der Waals surface area contributed by atoms with Crippen molar-refractivity contribution in [2.24, 2.45) is 5.16 Å². The Morgan fingerprint density at radius 1 is 1.12 bits per heavy atom. The van der Waals surface area contributed by atoms with Gasteiger partial charge in [-0.15, -0.1) is 11.3 Å². The highest BCUT2D eigenvalue weighted by Crippen LogP contribution is 2.32. The fourth-order valence-corrected chi connectivity index (χ4v) is 3.05. The number of hydrogen-bond acceptors (Lipinski definition) is 5. The number of aromatic nitrogens is 1. The molecule has 4 nitrogen and oxygen atoms in total. The molecule has 0 fully saturated rings. The third-order valence-electron chi connectivity index (χ3n) is 3.50. The van der Waals surface area contributed by atoms with E-state index < -0.39 is 11.7 Å². The number of hydrogen-bond donors (Lipinski definition) is 1. The first-order chi connectivity index (χ1) is 12.5. The largest absolute Gasteiger partial charge is 0.487 e. The van der Waals surface area contributed by atoms with Crippen LogP contribution in [0.5, 0.6) is 5.75 Å². The summed E-state index contributed by atoms with van der Waals surface area (Å²) in [7, 11) is 0. The van der Waals surface area contributed by atoms with Crippen LogP contribution in [0.3, 0.4) is 0 Å². The van der Waals surface area contributed by atoms with Crippen LogP contribution in [0, 0.1) is 0 Å². The average molecular weight is 378 g/mol. The first-order valence-corrected chi connectivity index (χ1v) is 8.36. The molecule has 0 amide bonds. The van der Waals surface area contributed by atoms with Crippen LogP contribution in [0.15, 0.2) is 59.1 Å². The van der Waals surface area contributed by atoms with Gasteiger partial charge in [-0.2, -0.15) is 13.2 Å². The molecule has 8 heteroatoms. The van der Waals surface area contributed by atoms with E-state index in [1.807, 2.05) is 0 Å². The van der Waals surface area contributed by atoms with Crippen molar-refractivity contribution in [1.82, 2.24) is 4.98 Å². The number of thiazole rings is 1. The van der Waals surface area contributed by atoms with Crippen molar-refractivity contribution in [3.8, 4) is 16.3 Å². The van der Waals surface area contributed by atoms with E-state index in [0.717, 1.165) is 12.1 Å². The molecule has 1 aromatic heterocycles. The normalized spacial score (nSPS) is 11.8. The highest BCUT2D eigenvalue weighted by atomic mass is 32.1. The summed E-state index contributed by atoms with van der Waals surface area (Å²) in [5.41, 5.74) is 1.19. The van der Waals surface area contributed by atoms with Crippen LogP contribution in [0.25, 0.3) is 10.6 Å². The quantitative estimate of drug-likeness (QED) is 0.376. The Hall–Kier alpha value is -2.87. The molecule has 0 aliphatic carbocycles. The van der Waals surface area contributed by atoms with Crippen LogP contribution < -0.4 is 4.74 Å². The van der Waals surface area contributed by atoms with Gasteiger partial charge >= 0.3 is 6.18 Å². The number of alkyl halides is 3. The van der Waals surface area contributed by atoms with Gasteiger partial charge in [-0.05, 0) is 24.3 Å². The molecule has 0 unspecified atom stereocenters. The predicted octanol–water partition coefficient (Wildman–Crippen LogP) is 5.22. The zero-order chi connectivity index (χ0) is 18.6. The molecule has 3 rings (SSSR count). The second kappa shape index (κ2) is 7.57. The number of halogens is 3. The maximum absolute atomic E-state index is 12.6. The van der Waals surface area contributed by atoms with Gasteiger partial charge in [0, 0.05) is 16.5 Å². The van der Waals surface area contributed by atoms with E-state index in [2.05, 4.69) is 10.1 Å². The summed E-state index contributed by atoms with van der Waals surface area (Å²) in [5.74, 6) is 0.536. The minimum absolute atomic E-state index is 0.188. The Labute approximate surface area is 151 Å². The summed E-state index contributed by atoms with van der Waals surface area (Å²) in [5, 5.41) is 14.1. The lowest BCUT2D eigenvalue weighted by molar-refractivity contribution is -0.137. The molecule has 0 radical (unpaired) electrons. The molecule has 0 aliphatic rings. The van der Waals surface area contributed by atoms with E-state index in [1.165, 1.54) is 29.7 Å². The number of benzene rings is 2. The summed E-state index contributed by atoms with van der Waals surface area (Å²) in [6.45, 7) is 0.188. The second-order valence-electron chi connectivity index (χ2n) is 5.29. The standard InChI is InChI=1S/C18H13F3N2O2S/c19-18(20,21)14-7-5-12(6-8-14)17-23-15(11-26-17)10-25-16-4-2-1-3-13(16)9-22-24/h1-9,11,24H,10H2/b22-9+. The maximum Gasteiger partial charge on any atom is 0.416 e. The van der Waals surface area contributed by atoms with E-state index in [1.54, 1.807) is 29.6 Å². The third-order valence-corrected chi connectivity index (χ3v) is 4.44. The van der Waals surface area contributed by atoms with Gasteiger partial charge in [0.15, 0.2) is 0 Å². The Morgan fingerprint density at radius 2 is 1.85 bits per heavy atom. The molecule has 0 bridgehead atoms. The van der Waals surface area contributed by atoms with Crippen LogP contribution in [-0.2, 0) is 12.8 Å². The minimum Gasteiger partial charge on any atom is -0.487 e. The predicted molar refractivity (Wildman–Crippen MR) is 92.7 cm³/mol. The molecule has 26 heavy (non-hydrogen) atoms. The van der Waals surface area contributed by atoms with Crippen molar-refractivity contribution >= 4 is 17.6 Å². The highest BCUT2D eigenvalue weighted by Gasteiger charge is 2.30. The molecule has 134 valence electrons. The summed E-state index contributed by atoms with van der Waals surface area (Å²) in [4.78, 5) is 4.39. The van der Waals surface area contributed by atoms with Crippen LogP contribution >= 0.6 is 11.3 Å². The van der Waals surface area contributed by atoms with Crippen LogP contribution in [0.1, 0.15) is 16.8 Å². The first kappa shape index (κ1) is 17.9. The van der Waals surface area contributed by atoms with Crippen molar-refractivity contribution in [2.45, 2.75) is 12.8 Å². The molecule has 0 saturated carbocycles. The molecule has 0 aliphatic heterocycles. The summed E-state index contributed by atoms with van der Waals surface area (Å²) < 4.78 is 43.5. The first-order valence-electron chi connectivity index (χ1n) is 7.48. The van der Waals surface area contributed by atoms with Gasteiger partial charge in [0.05, 0.1) is 17.5 Å². The molecule has 0 atom stereocenters. The minimum atomic E-state index is -4.36. The zero-order valence-electron chi connectivity index (χ0n) is 13.3. The van der Waals surface area contributed by atoms with E-state index in [0.29, 0.717) is 27.6 Å². The lowest BCUT2D eigenvalue weighted by Gasteiger charge is -2.07. The van der Waals surface area contributed by atoms with E-state index >= 15 is 0 Å². The number of para-hydroxylation sites is 1. The monoisotopic (exact) mass is 378 g/mol. The third kappa shape index (κ3) is 4.20. The Balaban J connectivity index is 1.71. The average Bonchev–Trinajstić information content (AvgIpc) is 3.10. The fraction of sp³-hybridized carbons (Fsp3) is 0.111. The summed E-state index contributed by atoms with van der Waals surface area (Å²) in [6.07, 6.45) is -3.09. The van der Waals surface area contributed by atoms with Gasteiger partial charge in [-0.1, -0.05) is 29.4 Å². The van der Waals surface area contributed by atoms with Crippen LogP contribution in [0.4, 0.5) is 13.2 Å². The number of rotatable bonds is 5. The van der Waals surface area contributed by atoms with Crippen LogP contribution in [-0.4, -0.2) is 16.4 Å². The Morgan fingerprint density at radius 3 is 2.54 bits per heavy atom. The van der Waals surface area contributed by atoms with E-state index in [4.69, 9.17) is 9.94 Å². The molecular formula is C18H13F3N2O2S. The summed E-state index contributed by atoms with van der Waals surface area (Å²) in [6, 6.07) is 11.9. The zero-order valence-corrected chi connectivity index (χ0v) is 14.1. The SMILES string of the molecule is O/N=C/c1ccccc1OCc1csc(-c2ccc(C(F)(F)F)cc2)n1. The molecule has 1 heterocycles. The van der Waals surface area contributed by atoms with Gasteiger partial charge in [-0.3, -0.25) is 0 Å². The van der Waals surface area contributed by atoms with Crippen molar-refractivity contribution in [3.05, 3.63) is 70.7 Å². The molecule has 0 saturated heterocycles. The number of ether oxygens (including phenoxy) is 1. The molecule has 0 spiro atoms. The second-order valence-corrected chi connectivity index (χ2v) is 6.15. The van der Waals surface area contributed by atoms with Crippen LogP contribution in [0.2, 0.25) is 0 Å². The molecule has 2 aromatic carbocycles. The van der Waals surface area contributed by atoms with Gasteiger partial charge in [0.25, 0.3) is 0 Å². The van der Waals surface area contributed by atoms with Gasteiger partial charge in [0.2, 0.25) is 0 Å². The Bertz CT molecular complexity index is 905. The number of oxime groups is 1. The van der Waals surface area contributed by atoms with Gasteiger partial charge < -0.3 is 9.94 Å². The topological polar surface area (TPSA) is 54.7 Å². The number of nitrogens with zero attached hydrogens (tertiary/aromatic N) is 2. The smallest absolute Gasteiger partial charge is 0.416 e. The lowest BCUT2D eigenvalue weighted by atomic mass is 10.1. The van der Waals surface area contributed by atoms with Crippen molar-refractivity contribution < 1.29 is 23.1 Å². The molecule has 1 N–H and O–H groups in total. The van der Waals surface area contributed by atoms with Gasteiger partial charge in [-0.25, -0.2) is 4.98 Å². The highest BCUT2D eigenvalue weighted by molar-refractivity contribution is 7.13. The maximum atomic E-state index is 12.6. The van der Waals surface area contributed by atoms with Crippen molar-refractivity contribution in [1.29, 1.82) is 0 Å². The van der Waals surface area contributed by atoms with E-state index in [-0.39, 0.29) is 6.61 Å². The van der Waals surface area contributed by atoms with Crippen molar-refractivity contribution in [2.75, 3.05) is 0 Å².